The molecule has 1 aromatic heterocycles. The first-order valence-electron chi connectivity index (χ1n) is 3.86. The number of halogens is 1. The average Bonchev–Trinajstić information content (AvgIpc) is 2.05. The van der Waals surface area contributed by atoms with Crippen LogP contribution in [0.4, 0.5) is 0 Å². The van der Waals surface area contributed by atoms with Crippen LogP contribution in [0.15, 0.2) is 30.6 Å². The molecule has 0 radical (unpaired) electrons. The molecule has 0 atom stereocenters. The first-order chi connectivity index (χ1) is 5.79. The molecule has 1 heterocycles. The summed E-state index contributed by atoms with van der Waals surface area (Å²) in [7, 11) is 0. The van der Waals surface area contributed by atoms with Crippen molar-refractivity contribution in [2.45, 2.75) is 13.5 Å². The van der Waals surface area contributed by atoms with Crippen molar-refractivity contribution in [1.82, 2.24) is 0 Å². The van der Waals surface area contributed by atoms with E-state index < -0.39 is 0 Å². The van der Waals surface area contributed by atoms with Crippen LogP contribution in [-0.2, 0) is 16.1 Å². The zero-order valence-electron chi connectivity index (χ0n) is 7.44. The summed E-state index contributed by atoms with van der Waals surface area (Å²) in [5.74, 6) is -0.230. The molecular weight excluding hydrogens is 281 g/mol. The van der Waals surface area contributed by atoms with E-state index in [2.05, 4.69) is 0 Å². The van der Waals surface area contributed by atoms with Crippen molar-refractivity contribution < 1.29 is 38.1 Å². The van der Waals surface area contributed by atoms with Gasteiger partial charge in [0, 0.05) is 19.1 Å². The minimum Gasteiger partial charge on any atom is -1.00 e. The van der Waals surface area contributed by atoms with E-state index >= 15 is 0 Å². The van der Waals surface area contributed by atoms with E-state index in [9.17, 15) is 4.79 Å². The zero-order chi connectivity index (χ0) is 8.81. The minimum atomic E-state index is -0.230. The number of nitrogens with zero attached hydrogens (tertiary/aromatic N) is 1. The molecule has 0 aromatic carbocycles. The fourth-order valence-corrected chi connectivity index (χ4v) is 0.878. The molecule has 13 heavy (non-hydrogen) atoms. The molecule has 0 amide bonds. The van der Waals surface area contributed by atoms with Gasteiger partial charge in [-0.05, 0) is 0 Å². The summed E-state index contributed by atoms with van der Waals surface area (Å²) >= 11 is 0. The number of hydrogen-bond acceptors (Lipinski definition) is 2. The first kappa shape index (κ1) is 12.3. The van der Waals surface area contributed by atoms with Gasteiger partial charge in [0.15, 0.2) is 25.5 Å². The van der Waals surface area contributed by atoms with Gasteiger partial charge in [-0.3, -0.25) is 4.79 Å². The number of carbonyl (C=O) groups is 1. The van der Waals surface area contributed by atoms with Crippen LogP contribution in [-0.4, -0.2) is 12.6 Å². The second kappa shape index (κ2) is 6.82. The van der Waals surface area contributed by atoms with Crippen molar-refractivity contribution in [3.05, 3.63) is 30.6 Å². The van der Waals surface area contributed by atoms with Gasteiger partial charge in [-0.1, -0.05) is 6.07 Å². The number of esters is 1. The topological polar surface area (TPSA) is 30.2 Å². The maximum absolute atomic E-state index is 10.4. The summed E-state index contributed by atoms with van der Waals surface area (Å²) in [4.78, 5) is 10.4. The Balaban J connectivity index is 0.00000144. The molecule has 0 saturated carbocycles. The van der Waals surface area contributed by atoms with Crippen molar-refractivity contribution in [2.75, 3.05) is 6.61 Å². The molecule has 0 bridgehead atoms. The lowest BCUT2D eigenvalue weighted by atomic mass is 10.5. The van der Waals surface area contributed by atoms with Crippen molar-refractivity contribution in [2.24, 2.45) is 0 Å². The van der Waals surface area contributed by atoms with Crippen molar-refractivity contribution in [1.29, 1.82) is 0 Å². The third-order valence-corrected chi connectivity index (χ3v) is 1.43. The molecule has 72 valence electrons. The Hall–Kier alpha value is -0.650. The molecule has 0 saturated heterocycles. The van der Waals surface area contributed by atoms with Crippen molar-refractivity contribution in [3.63, 3.8) is 0 Å². The molecule has 0 N–H and O–H groups in total. The van der Waals surface area contributed by atoms with E-state index in [0.717, 1.165) is 0 Å². The number of aromatic nitrogens is 1. The van der Waals surface area contributed by atoms with Crippen LogP contribution in [0.25, 0.3) is 0 Å². The third kappa shape index (κ3) is 5.57. The highest BCUT2D eigenvalue weighted by Gasteiger charge is 1.98. The van der Waals surface area contributed by atoms with E-state index in [-0.39, 0.29) is 29.9 Å². The summed E-state index contributed by atoms with van der Waals surface area (Å²) in [6.45, 7) is 2.56. The Morgan fingerprint density at radius 1 is 1.31 bits per heavy atom. The van der Waals surface area contributed by atoms with E-state index in [0.29, 0.717) is 13.2 Å². The molecule has 0 aliphatic heterocycles. The fourth-order valence-electron chi connectivity index (χ4n) is 0.878. The van der Waals surface area contributed by atoms with Crippen LogP contribution in [0.3, 0.4) is 0 Å². The number of rotatable bonds is 3. The highest BCUT2D eigenvalue weighted by atomic mass is 127. The first-order valence-corrected chi connectivity index (χ1v) is 3.86. The molecule has 4 heteroatoms. The molecule has 1 aromatic rings. The van der Waals surface area contributed by atoms with E-state index in [1.165, 1.54) is 6.92 Å². The van der Waals surface area contributed by atoms with Crippen LogP contribution < -0.4 is 28.5 Å². The standard InChI is InChI=1S/C9H12NO2.HI/c1-9(11)12-8-7-10-5-3-2-4-6-10;/h2-6H,7-8H2,1H3;1H/q+1;/p-1. The van der Waals surface area contributed by atoms with Gasteiger partial charge < -0.3 is 28.7 Å². The summed E-state index contributed by atoms with van der Waals surface area (Å²) < 4.78 is 6.75. The summed E-state index contributed by atoms with van der Waals surface area (Å²) in [6.07, 6.45) is 3.87. The number of hydrogen-bond donors (Lipinski definition) is 0. The van der Waals surface area contributed by atoms with Gasteiger partial charge >= 0.3 is 5.97 Å². The lowest BCUT2D eigenvalue weighted by molar-refractivity contribution is -0.697. The predicted molar refractivity (Wildman–Crippen MR) is 43.3 cm³/mol. The number of pyridine rings is 1. The molecule has 0 spiro atoms. The van der Waals surface area contributed by atoms with E-state index in [4.69, 9.17) is 4.74 Å². The molecule has 3 nitrogen and oxygen atoms in total. The second-order valence-electron chi connectivity index (χ2n) is 2.45. The smallest absolute Gasteiger partial charge is 0.302 e. The summed E-state index contributed by atoms with van der Waals surface area (Å²) in [5, 5.41) is 0. The predicted octanol–water partition coefficient (Wildman–Crippen LogP) is -2.46. The van der Waals surface area contributed by atoms with Gasteiger partial charge in [0.2, 0.25) is 0 Å². The van der Waals surface area contributed by atoms with Crippen LogP contribution in [0.2, 0.25) is 0 Å². The maximum atomic E-state index is 10.4. The lowest BCUT2D eigenvalue weighted by Gasteiger charge is -1.97. The van der Waals surface area contributed by atoms with E-state index in [1.54, 1.807) is 0 Å². The third-order valence-electron chi connectivity index (χ3n) is 1.43. The average molecular weight is 293 g/mol. The highest BCUT2D eigenvalue weighted by Crippen LogP contribution is 1.79. The van der Waals surface area contributed by atoms with E-state index in [1.807, 2.05) is 35.2 Å². The largest absolute Gasteiger partial charge is 1.00 e. The van der Waals surface area contributed by atoms with Crippen molar-refractivity contribution >= 4 is 5.97 Å². The van der Waals surface area contributed by atoms with Gasteiger partial charge in [0.05, 0.1) is 0 Å². The Morgan fingerprint density at radius 3 is 2.46 bits per heavy atom. The zero-order valence-corrected chi connectivity index (χ0v) is 9.60. The monoisotopic (exact) mass is 293 g/mol. The quantitative estimate of drug-likeness (QED) is 0.352. The van der Waals surface area contributed by atoms with Gasteiger partial charge in [0.1, 0.15) is 0 Å². The Morgan fingerprint density at radius 2 is 1.92 bits per heavy atom. The number of carbonyl (C=O) groups excluding carboxylic acids is 1. The minimum absolute atomic E-state index is 0. The molecular formula is C9H12INO2. The molecule has 1 rings (SSSR count). The Labute approximate surface area is 94.7 Å². The number of ether oxygens (including phenoxy) is 1. The molecule has 0 fully saturated rings. The SMILES string of the molecule is CC(=O)OCC[n+]1ccccc1.[I-]. The van der Waals surface area contributed by atoms with Gasteiger partial charge in [0.25, 0.3) is 0 Å². The van der Waals surface area contributed by atoms with Crippen LogP contribution >= 0.6 is 0 Å². The molecule has 0 aliphatic carbocycles. The second-order valence-corrected chi connectivity index (χ2v) is 2.45. The molecule has 0 unspecified atom stereocenters. The van der Waals surface area contributed by atoms with Crippen LogP contribution in [0.5, 0.6) is 0 Å². The fraction of sp³-hybridized carbons (Fsp3) is 0.333. The highest BCUT2D eigenvalue weighted by molar-refractivity contribution is 5.65. The molecule has 0 aliphatic rings. The van der Waals surface area contributed by atoms with Gasteiger partial charge in [-0.25, -0.2) is 4.57 Å². The van der Waals surface area contributed by atoms with Crippen LogP contribution in [0, 0.1) is 0 Å². The van der Waals surface area contributed by atoms with Gasteiger partial charge in [-0.15, -0.1) is 0 Å². The summed E-state index contributed by atoms with van der Waals surface area (Å²) in [6, 6.07) is 5.82. The Kier molecular flexibility index (Phi) is 6.48. The van der Waals surface area contributed by atoms with Crippen LogP contribution in [0.1, 0.15) is 6.92 Å². The normalized spacial score (nSPS) is 8.69. The maximum Gasteiger partial charge on any atom is 0.302 e. The Bertz CT molecular complexity index is 251. The summed E-state index contributed by atoms with van der Waals surface area (Å²) in [5.41, 5.74) is 0. The lowest BCUT2D eigenvalue weighted by Crippen LogP contribution is -3.00. The van der Waals surface area contributed by atoms with Gasteiger partial charge in [-0.2, -0.15) is 0 Å². The van der Waals surface area contributed by atoms with Crippen molar-refractivity contribution in [3.8, 4) is 0 Å².